The number of hydrogen-bond acceptors (Lipinski definition) is 5. The smallest absolute Gasteiger partial charge is 0.236 e. The largest absolute Gasteiger partial charge is 0.381 e. The van der Waals surface area contributed by atoms with Crippen LogP contribution < -0.4 is 0 Å². The molecule has 114 valence electrons. The third-order valence-electron chi connectivity index (χ3n) is 4.42. The Morgan fingerprint density at radius 1 is 1.05 bits per heavy atom. The van der Waals surface area contributed by atoms with Gasteiger partial charge in [-0.05, 0) is 12.8 Å². The van der Waals surface area contributed by atoms with Crippen molar-refractivity contribution < 1.29 is 9.53 Å². The van der Waals surface area contributed by atoms with Gasteiger partial charge in [-0.15, -0.1) is 11.8 Å². The molecule has 6 heteroatoms. The molecule has 0 spiro atoms. The lowest BCUT2D eigenvalue weighted by Crippen LogP contribution is -2.54. The van der Waals surface area contributed by atoms with Gasteiger partial charge in [-0.25, -0.2) is 0 Å². The molecule has 0 saturated carbocycles. The number of thioether (sulfide) groups is 2. The Morgan fingerprint density at radius 2 is 1.80 bits per heavy atom. The molecule has 1 amide bonds. The van der Waals surface area contributed by atoms with Crippen molar-refractivity contribution >= 4 is 29.4 Å². The van der Waals surface area contributed by atoms with Gasteiger partial charge in [-0.3, -0.25) is 9.69 Å². The van der Waals surface area contributed by atoms with Crippen molar-refractivity contribution in [1.82, 2.24) is 9.80 Å². The zero-order valence-electron chi connectivity index (χ0n) is 12.0. The Balaban J connectivity index is 1.46. The monoisotopic (exact) mass is 316 g/mol. The lowest BCUT2D eigenvalue weighted by Gasteiger charge is -2.41. The molecular weight excluding hydrogens is 292 g/mol. The Labute approximate surface area is 130 Å². The van der Waals surface area contributed by atoms with Gasteiger partial charge >= 0.3 is 0 Å². The van der Waals surface area contributed by atoms with Gasteiger partial charge in [0.25, 0.3) is 0 Å². The maximum Gasteiger partial charge on any atom is 0.236 e. The molecule has 0 radical (unpaired) electrons. The van der Waals surface area contributed by atoms with Gasteiger partial charge in [0.05, 0.1) is 5.25 Å². The standard InChI is InChI=1S/C14H24N2O2S2/c17-14(13-11-19-9-10-20-13)16-5-3-15(4-6-16)12-1-7-18-8-2-12/h12-13H,1-11H2/t13-/m1/s1. The van der Waals surface area contributed by atoms with Crippen LogP contribution in [-0.2, 0) is 9.53 Å². The van der Waals surface area contributed by atoms with Crippen LogP contribution in [0.25, 0.3) is 0 Å². The van der Waals surface area contributed by atoms with Crippen molar-refractivity contribution in [3.05, 3.63) is 0 Å². The van der Waals surface area contributed by atoms with Gasteiger partial charge in [0.15, 0.2) is 0 Å². The van der Waals surface area contributed by atoms with Crippen molar-refractivity contribution in [1.29, 1.82) is 0 Å². The third kappa shape index (κ3) is 3.64. The molecule has 0 aromatic carbocycles. The summed E-state index contributed by atoms with van der Waals surface area (Å²) in [6.45, 7) is 5.72. The second kappa shape index (κ2) is 7.38. The zero-order valence-corrected chi connectivity index (χ0v) is 13.6. The zero-order chi connectivity index (χ0) is 13.8. The Morgan fingerprint density at radius 3 is 2.45 bits per heavy atom. The number of carbonyl (C=O) groups is 1. The van der Waals surface area contributed by atoms with Crippen LogP contribution in [-0.4, -0.2) is 83.7 Å². The first-order valence-electron chi connectivity index (χ1n) is 7.64. The highest BCUT2D eigenvalue weighted by atomic mass is 32.2. The van der Waals surface area contributed by atoms with E-state index in [0.717, 1.165) is 63.7 Å². The molecule has 3 fully saturated rings. The van der Waals surface area contributed by atoms with Crippen LogP contribution in [0.3, 0.4) is 0 Å². The van der Waals surface area contributed by atoms with E-state index in [1.807, 2.05) is 23.5 Å². The number of amides is 1. The van der Waals surface area contributed by atoms with E-state index in [1.54, 1.807) is 0 Å². The summed E-state index contributed by atoms with van der Waals surface area (Å²) in [7, 11) is 0. The molecule has 1 atom stereocenters. The van der Waals surface area contributed by atoms with Crippen LogP contribution in [0.2, 0.25) is 0 Å². The first-order chi connectivity index (χ1) is 9.84. The summed E-state index contributed by atoms with van der Waals surface area (Å²) in [5, 5.41) is 0.211. The van der Waals surface area contributed by atoms with E-state index in [0.29, 0.717) is 11.9 Å². The SMILES string of the molecule is O=C([C@H]1CSCCS1)N1CCN(C2CCOCC2)CC1. The minimum atomic E-state index is 0.211. The van der Waals surface area contributed by atoms with Crippen molar-refractivity contribution in [3.63, 3.8) is 0 Å². The molecule has 0 aliphatic carbocycles. The average Bonchev–Trinajstić information content (AvgIpc) is 2.56. The molecule has 3 saturated heterocycles. The molecule has 0 N–H and O–H groups in total. The molecule has 3 heterocycles. The van der Waals surface area contributed by atoms with Gasteiger partial charge in [-0.2, -0.15) is 11.8 Å². The Kier molecular flexibility index (Phi) is 5.54. The maximum atomic E-state index is 12.5. The minimum Gasteiger partial charge on any atom is -0.381 e. The molecule has 0 bridgehead atoms. The van der Waals surface area contributed by atoms with Gasteiger partial charge in [0, 0.05) is 62.7 Å². The molecule has 0 unspecified atom stereocenters. The van der Waals surface area contributed by atoms with E-state index in [4.69, 9.17) is 4.74 Å². The van der Waals surface area contributed by atoms with Crippen LogP contribution in [0.5, 0.6) is 0 Å². The van der Waals surface area contributed by atoms with Gasteiger partial charge < -0.3 is 9.64 Å². The van der Waals surface area contributed by atoms with E-state index in [2.05, 4.69) is 9.80 Å². The highest BCUT2D eigenvalue weighted by Crippen LogP contribution is 2.26. The molecule has 4 nitrogen and oxygen atoms in total. The first-order valence-corrected chi connectivity index (χ1v) is 9.85. The number of nitrogens with zero attached hydrogens (tertiary/aromatic N) is 2. The summed E-state index contributed by atoms with van der Waals surface area (Å²) in [5.74, 6) is 3.72. The van der Waals surface area contributed by atoms with E-state index >= 15 is 0 Å². The summed E-state index contributed by atoms with van der Waals surface area (Å²) >= 11 is 3.78. The quantitative estimate of drug-likeness (QED) is 0.763. The maximum absolute atomic E-state index is 12.5. The molecule has 3 rings (SSSR count). The van der Waals surface area contributed by atoms with Gasteiger partial charge in [0.2, 0.25) is 5.91 Å². The average molecular weight is 316 g/mol. The van der Waals surface area contributed by atoms with Crippen molar-refractivity contribution in [2.24, 2.45) is 0 Å². The predicted molar refractivity (Wildman–Crippen MR) is 85.6 cm³/mol. The van der Waals surface area contributed by atoms with Crippen LogP contribution in [0, 0.1) is 0 Å². The number of carbonyl (C=O) groups excluding carboxylic acids is 1. The number of piperazine rings is 1. The minimum absolute atomic E-state index is 0.211. The van der Waals surface area contributed by atoms with Crippen LogP contribution in [0.1, 0.15) is 12.8 Å². The van der Waals surface area contributed by atoms with E-state index < -0.39 is 0 Å². The highest BCUT2D eigenvalue weighted by Gasteiger charge is 2.31. The van der Waals surface area contributed by atoms with Gasteiger partial charge in [0.1, 0.15) is 0 Å². The number of ether oxygens (including phenoxy) is 1. The van der Waals surface area contributed by atoms with Crippen LogP contribution in [0.4, 0.5) is 0 Å². The molecule has 0 aromatic rings. The predicted octanol–water partition coefficient (Wildman–Crippen LogP) is 1.16. The molecule has 20 heavy (non-hydrogen) atoms. The summed E-state index contributed by atoms with van der Waals surface area (Å²) in [6, 6.07) is 0.681. The summed E-state index contributed by atoms with van der Waals surface area (Å²) in [4.78, 5) is 17.2. The fraction of sp³-hybridized carbons (Fsp3) is 0.929. The van der Waals surface area contributed by atoms with Crippen molar-refractivity contribution in [2.45, 2.75) is 24.1 Å². The number of rotatable bonds is 2. The Bertz CT molecular complexity index is 323. The lowest BCUT2D eigenvalue weighted by atomic mass is 10.1. The van der Waals surface area contributed by atoms with E-state index in [-0.39, 0.29) is 5.25 Å². The summed E-state index contributed by atoms with van der Waals surface area (Å²) < 4.78 is 5.43. The second-order valence-electron chi connectivity index (χ2n) is 5.64. The lowest BCUT2D eigenvalue weighted by molar-refractivity contribution is -0.132. The molecular formula is C14H24N2O2S2. The topological polar surface area (TPSA) is 32.8 Å². The number of hydrogen-bond donors (Lipinski definition) is 0. The second-order valence-corrected chi connectivity index (χ2v) is 8.10. The van der Waals surface area contributed by atoms with E-state index in [1.165, 1.54) is 5.75 Å². The third-order valence-corrected chi connectivity index (χ3v) is 7.17. The first kappa shape index (κ1) is 15.0. The van der Waals surface area contributed by atoms with Crippen LogP contribution >= 0.6 is 23.5 Å². The molecule has 3 aliphatic heterocycles. The summed E-state index contributed by atoms with van der Waals surface area (Å²) in [5.41, 5.74) is 0. The molecule has 0 aromatic heterocycles. The van der Waals surface area contributed by atoms with Crippen molar-refractivity contribution in [2.75, 3.05) is 56.7 Å². The van der Waals surface area contributed by atoms with Crippen LogP contribution in [0.15, 0.2) is 0 Å². The summed E-state index contributed by atoms with van der Waals surface area (Å²) in [6.07, 6.45) is 2.31. The van der Waals surface area contributed by atoms with Gasteiger partial charge in [-0.1, -0.05) is 0 Å². The molecule has 3 aliphatic rings. The van der Waals surface area contributed by atoms with E-state index in [9.17, 15) is 4.79 Å². The highest BCUT2D eigenvalue weighted by molar-refractivity contribution is 8.07. The van der Waals surface area contributed by atoms with Crippen molar-refractivity contribution in [3.8, 4) is 0 Å². The fourth-order valence-electron chi connectivity index (χ4n) is 3.19. The Hall–Kier alpha value is 0.0900. The normalized spacial score (nSPS) is 30.4. The fourth-order valence-corrected chi connectivity index (χ4v) is 5.82.